The molecule has 10 aromatic carbocycles. The number of hydrogen-bond donors (Lipinski definition) is 0. The van der Waals surface area contributed by atoms with E-state index >= 15 is 0 Å². The highest BCUT2D eigenvalue weighted by Crippen LogP contribution is 2.46. The normalized spacial score (nSPS) is 11.7. The number of hydrogen-bond acceptors (Lipinski definition) is 5. The van der Waals surface area contributed by atoms with Crippen molar-refractivity contribution in [2.45, 2.75) is 0 Å². The number of furan rings is 3. The first kappa shape index (κ1) is 36.8. The lowest BCUT2D eigenvalue weighted by atomic mass is 10.00. The summed E-state index contributed by atoms with van der Waals surface area (Å²) in [7, 11) is 0. The molecule has 0 unspecified atom stereocenters. The Bertz CT molecular complexity index is 3880. The molecule has 0 amide bonds. The van der Waals surface area contributed by atoms with E-state index < -0.39 is 0 Å². The largest absolute Gasteiger partial charge is 0.456 e. The van der Waals surface area contributed by atoms with E-state index in [1.165, 1.54) is 0 Å². The van der Waals surface area contributed by atoms with E-state index in [-0.39, 0.29) is 0 Å². The first-order valence-corrected chi connectivity index (χ1v) is 21.9. The third-order valence-electron chi connectivity index (χ3n) is 12.7. The molecule has 5 heteroatoms. The van der Waals surface area contributed by atoms with Gasteiger partial charge in [0.15, 0.2) is 11.2 Å². The minimum atomic E-state index is 0.828. The first-order chi connectivity index (χ1) is 32.2. The van der Waals surface area contributed by atoms with Crippen LogP contribution in [0.4, 0.5) is 34.1 Å². The molecule has 0 bridgehead atoms. The third kappa shape index (κ3) is 6.09. The molecular weight excluding hydrogens is 797 g/mol. The molecule has 0 saturated heterocycles. The maximum absolute atomic E-state index is 7.03. The second-order valence-electron chi connectivity index (χ2n) is 16.4. The summed E-state index contributed by atoms with van der Waals surface area (Å²) < 4.78 is 19.7. The molecule has 13 rings (SSSR count). The van der Waals surface area contributed by atoms with Crippen LogP contribution in [0.1, 0.15) is 0 Å². The molecule has 0 aliphatic carbocycles. The molecule has 0 spiro atoms. The lowest BCUT2D eigenvalue weighted by Crippen LogP contribution is -2.10. The van der Waals surface area contributed by atoms with E-state index in [9.17, 15) is 0 Å². The molecule has 0 aliphatic heterocycles. The van der Waals surface area contributed by atoms with E-state index in [4.69, 9.17) is 13.3 Å². The van der Waals surface area contributed by atoms with Crippen LogP contribution in [0.5, 0.6) is 0 Å². The number of nitrogens with zero attached hydrogens (tertiary/aromatic N) is 2. The lowest BCUT2D eigenvalue weighted by Gasteiger charge is -2.26. The van der Waals surface area contributed by atoms with Gasteiger partial charge >= 0.3 is 0 Å². The second-order valence-corrected chi connectivity index (χ2v) is 16.4. The Kier molecular flexibility index (Phi) is 8.46. The molecule has 0 aliphatic rings. The van der Waals surface area contributed by atoms with Crippen molar-refractivity contribution in [2.24, 2.45) is 0 Å². The quantitative estimate of drug-likeness (QED) is 0.153. The van der Waals surface area contributed by atoms with Gasteiger partial charge in [0, 0.05) is 60.6 Å². The maximum atomic E-state index is 7.03. The van der Waals surface area contributed by atoms with Crippen LogP contribution >= 0.6 is 0 Å². The van der Waals surface area contributed by atoms with Gasteiger partial charge in [0.05, 0.1) is 11.4 Å². The van der Waals surface area contributed by atoms with Crippen LogP contribution in [0.25, 0.3) is 88.1 Å². The summed E-state index contributed by atoms with van der Waals surface area (Å²) in [6.07, 6.45) is 0. The highest BCUT2D eigenvalue weighted by molar-refractivity contribution is 6.15. The van der Waals surface area contributed by atoms with Crippen LogP contribution in [0, 0.1) is 0 Å². The Labute approximate surface area is 374 Å². The zero-order valence-electron chi connectivity index (χ0n) is 35.1. The Morgan fingerprint density at radius 3 is 1.26 bits per heavy atom. The summed E-state index contributed by atoms with van der Waals surface area (Å²) in [6.45, 7) is 0. The van der Waals surface area contributed by atoms with Crippen molar-refractivity contribution in [3.63, 3.8) is 0 Å². The molecule has 3 heterocycles. The minimum Gasteiger partial charge on any atom is -0.456 e. The molecule has 13 aromatic rings. The third-order valence-corrected chi connectivity index (χ3v) is 12.7. The fraction of sp³-hybridized carbons (Fsp3) is 0. The number of benzene rings is 10. The van der Waals surface area contributed by atoms with Crippen LogP contribution in [0.2, 0.25) is 0 Å². The molecular formula is C60H38N2O3. The van der Waals surface area contributed by atoms with Crippen LogP contribution in [0.3, 0.4) is 0 Å². The molecule has 0 atom stereocenters. The molecule has 0 fully saturated rings. The minimum absolute atomic E-state index is 0.828. The SMILES string of the molecule is c1ccc(N(c2ccc(-c3ccc(N(c4ccccc4)c4cccc5c4oc4c(-c6ccc7oc8ccccc8c7c6)cccc45)cc3)cc2)c2cccc3c2oc2ccccc23)cc1. The zero-order valence-corrected chi connectivity index (χ0v) is 35.1. The average Bonchev–Trinajstić information content (AvgIpc) is 4.07. The van der Waals surface area contributed by atoms with Crippen molar-refractivity contribution in [1.29, 1.82) is 0 Å². The van der Waals surface area contributed by atoms with Gasteiger partial charge in [-0.1, -0.05) is 146 Å². The van der Waals surface area contributed by atoms with Crippen LogP contribution < -0.4 is 9.80 Å². The van der Waals surface area contributed by atoms with Crippen LogP contribution in [-0.2, 0) is 0 Å². The molecule has 0 radical (unpaired) electrons. The topological polar surface area (TPSA) is 45.9 Å². The summed E-state index contributed by atoms with van der Waals surface area (Å²) in [5.74, 6) is 0. The van der Waals surface area contributed by atoms with Gasteiger partial charge in [-0.25, -0.2) is 0 Å². The van der Waals surface area contributed by atoms with E-state index in [2.05, 4.69) is 210 Å². The van der Waals surface area contributed by atoms with Crippen molar-refractivity contribution < 1.29 is 13.3 Å². The summed E-state index contributed by atoms with van der Waals surface area (Å²) in [4.78, 5) is 4.56. The Morgan fingerprint density at radius 1 is 0.246 bits per heavy atom. The molecule has 0 saturated carbocycles. The van der Waals surface area contributed by atoms with Gasteiger partial charge in [-0.2, -0.15) is 0 Å². The molecule has 3 aromatic heterocycles. The van der Waals surface area contributed by atoms with E-state index in [0.29, 0.717) is 0 Å². The monoisotopic (exact) mass is 834 g/mol. The van der Waals surface area contributed by atoms with Crippen molar-refractivity contribution in [3.8, 4) is 22.3 Å². The molecule has 0 N–H and O–H groups in total. The average molecular weight is 835 g/mol. The highest BCUT2D eigenvalue weighted by Gasteiger charge is 2.22. The predicted molar refractivity (Wildman–Crippen MR) is 269 cm³/mol. The fourth-order valence-electron chi connectivity index (χ4n) is 9.63. The lowest BCUT2D eigenvalue weighted by molar-refractivity contribution is 0.668. The smallest absolute Gasteiger partial charge is 0.159 e. The van der Waals surface area contributed by atoms with Crippen LogP contribution in [-0.4, -0.2) is 0 Å². The van der Waals surface area contributed by atoms with Gasteiger partial charge in [0.1, 0.15) is 22.3 Å². The van der Waals surface area contributed by atoms with Gasteiger partial charge in [-0.05, 0) is 102 Å². The summed E-state index contributed by atoms with van der Waals surface area (Å²) in [5, 5.41) is 6.54. The Morgan fingerprint density at radius 2 is 0.662 bits per heavy atom. The van der Waals surface area contributed by atoms with Gasteiger partial charge in [-0.3, -0.25) is 0 Å². The number of rotatable bonds is 8. The number of anilines is 6. The summed E-state index contributed by atoms with van der Waals surface area (Å²) in [6, 6.07) is 80.7. The number of para-hydroxylation sites is 7. The molecule has 65 heavy (non-hydrogen) atoms. The maximum Gasteiger partial charge on any atom is 0.159 e. The van der Waals surface area contributed by atoms with Crippen molar-refractivity contribution in [1.82, 2.24) is 0 Å². The van der Waals surface area contributed by atoms with E-state index in [1.54, 1.807) is 0 Å². The van der Waals surface area contributed by atoms with Gasteiger partial charge in [-0.15, -0.1) is 0 Å². The highest BCUT2D eigenvalue weighted by atomic mass is 16.3. The Hall–Kier alpha value is -8.80. The van der Waals surface area contributed by atoms with Gasteiger partial charge in [0.25, 0.3) is 0 Å². The van der Waals surface area contributed by atoms with Crippen molar-refractivity contribution in [2.75, 3.05) is 9.80 Å². The molecule has 306 valence electrons. The zero-order chi connectivity index (χ0) is 42.8. The fourth-order valence-corrected chi connectivity index (χ4v) is 9.63. The second kappa shape index (κ2) is 14.9. The van der Waals surface area contributed by atoms with Gasteiger partial charge in [0.2, 0.25) is 0 Å². The standard InChI is InChI=1S/C60H38N2O3/c1-3-14-42(15-4-1)61(53-24-12-22-49-47-18-7-10-27-56(47)64-59(49)53)44-33-28-39(29-34-44)40-30-35-45(36-31-40)62(43-16-5-2-6-17-43)54-25-13-23-51-50-21-11-20-46(58(50)65-60(51)54)41-32-37-57-52(38-41)48-19-8-9-26-55(48)63-57/h1-38H. The predicted octanol–water partition coefficient (Wildman–Crippen LogP) is 17.7. The summed E-state index contributed by atoms with van der Waals surface area (Å²) >= 11 is 0. The van der Waals surface area contributed by atoms with E-state index in [1.807, 2.05) is 30.3 Å². The van der Waals surface area contributed by atoms with Crippen LogP contribution in [0.15, 0.2) is 244 Å². The van der Waals surface area contributed by atoms with Crippen molar-refractivity contribution >= 4 is 99.9 Å². The molecule has 5 nitrogen and oxygen atoms in total. The van der Waals surface area contributed by atoms with Crippen molar-refractivity contribution in [3.05, 3.63) is 231 Å². The number of fused-ring (bicyclic) bond motifs is 9. The Balaban J connectivity index is 0.875. The first-order valence-electron chi connectivity index (χ1n) is 21.9. The van der Waals surface area contributed by atoms with E-state index in [0.717, 1.165) is 122 Å². The van der Waals surface area contributed by atoms with Gasteiger partial charge < -0.3 is 23.1 Å². The summed E-state index contributed by atoms with van der Waals surface area (Å²) in [5.41, 5.74) is 15.6.